The lowest BCUT2D eigenvalue weighted by Crippen LogP contribution is -2.57. The fraction of sp³-hybridized carbons (Fsp3) is 0.349. The van der Waals surface area contributed by atoms with Crippen molar-refractivity contribution >= 4 is 17.7 Å². The van der Waals surface area contributed by atoms with Gasteiger partial charge >= 0.3 is 6.09 Å². The number of para-hydroxylation sites is 1. The van der Waals surface area contributed by atoms with Crippen LogP contribution in [0.4, 0.5) is 10.5 Å². The van der Waals surface area contributed by atoms with Crippen LogP contribution in [0.15, 0.2) is 116 Å². The van der Waals surface area contributed by atoms with E-state index in [0.717, 1.165) is 65.0 Å². The van der Waals surface area contributed by atoms with Gasteiger partial charge in [-0.2, -0.15) is 0 Å². The highest BCUT2D eigenvalue weighted by atomic mass is 16.7. The molecule has 3 heterocycles. The molecule has 3 aliphatic heterocycles. The fourth-order valence-corrected chi connectivity index (χ4v) is 7.81. The molecule has 53 heavy (non-hydrogen) atoms. The number of alkyl carbamates (subject to hydrolysis) is 1. The van der Waals surface area contributed by atoms with Crippen molar-refractivity contribution in [3.05, 3.63) is 138 Å². The van der Waals surface area contributed by atoms with Crippen LogP contribution in [-0.2, 0) is 32.2 Å². The molecule has 0 bridgehead atoms. The van der Waals surface area contributed by atoms with Crippen molar-refractivity contribution in [3.63, 3.8) is 0 Å². The molecule has 4 aromatic carbocycles. The van der Waals surface area contributed by atoms with Crippen molar-refractivity contribution in [1.29, 1.82) is 0 Å². The molecule has 10 heteroatoms. The maximum atomic E-state index is 13.3. The summed E-state index contributed by atoms with van der Waals surface area (Å²) in [6.07, 6.45) is 1.50. The number of likely N-dealkylation sites (tertiary alicyclic amines) is 1. The van der Waals surface area contributed by atoms with E-state index in [0.29, 0.717) is 19.8 Å². The number of carbonyl (C=O) groups is 2. The van der Waals surface area contributed by atoms with E-state index in [9.17, 15) is 14.7 Å². The zero-order valence-corrected chi connectivity index (χ0v) is 30.2. The number of piperidine rings is 1. The van der Waals surface area contributed by atoms with Crippen molar-refractivity contribution in [2.45, 2.75) is 57.0 Å². The minimum atomic E-state index is -0.617. The Morgan fingerprint density at radius 2 is 1.68 bits per heavy atom. The molecular formula is C43H48N4O6. The predicted octanol–water partition coefficient (Wildman–Crippen LogP) is 6.48. The van der Waals surface area contributed by atoms with Gasteiger partial charge in [-0.1, -0.05) is 98.4 Å². The summed E-state index contributed by atoms with van der Waals surface area (Å²) in [6, 6.07) is 34.4. The molecule has 2 amide bonds. The van der Waals surface area contributed by atoms with E-state index in [-0.39, 0.29) is 37.2 Å². The zero-order valence-electron chi connectivity index (χ0n) is 30.2. The van der Waals surface area contributed by atoms with Crippen molar-refractivity contribution in [1.82, 2.24) is 15.5 Å². The van der Waals surface area contributed by atoms with Crippen molar-refractivity contribution in [2.24, 2.45) is 5.92 Å². The van der Waals surface area contributed by atoms with Crippen LogP contribution in [0.3, 0.4) is 0 Å². The van der Waals surface area contributed by atoms with Crippen LogP contribution >= 0.6 is 0 Å². The monoisotopic (exact) mass is 716 g/mol. The second-order valence-electron chi connectivity index (χ2n) is 14.1. The molecule has 3 N–H and O–H groups in total. The summed E-state index contributed by atoms with van der Waals surface area (Å²) in [7, 11) is 0. The normalized spacial score (nSPS) is 22.7. The Labute approximate surface area is 311 Å². The second kappa shape index (κ2) is 16.3. The van der Waals surface area contributed by atoms with E-state index in [1.165, 1.54) is 6.08 Å². The number of rotatable bonds is 11. The largest absolute Gasteiger partial charge is 0.445 e. The molecule has 4 aromatic rings. The van der Waals surface area contributed by atoms with Gasteiger partial charge in [-0.05, 0) is 64.9 Å². The van der Waals surface area contributed by atoms with Crippen molar-refractivity contribution < 1.29 is 28.9 Å². The summed E-state index contributed by atoms with van der Waals surface area (Å²) in [5.74, 6) is 0.138. The summed E-state index contributed by atoms with van der Waals surface area (Å²) in [5.41, 5.74) is 6.26. The molecule has 276 valence electrons. The number of hydrogen-bond acceptors (Lipinski definition) is 8. The van der Waals surface area contributed by atoms with Gasteiger partial charge in [0.2, 0.25) is 5.91 Å². The van der Waals surface area contributed by atoms with Crippen LogP contribution in [0.1, 0.15) is 54.4 Å². The first-order valence-electron chi connectivity index (χ1n) is 18.4. The third kappa shape index (κ3) is 8.01. The number of carbonyl (C=O) groups excluding carboxylic acids is 2. The predicted molar refractivity (Wildman–Crippen MR) is 204 cm³/mol. The average molecular weight is 717 g/mol. The lowest BCUT2D eigenvalue weighted by Gasteiger charge is -2.46. The third-order valence-electron chi connectivity index (χ3n) is 10.8. The average Bonchev–Trinajstić information content (AvgIpc) is 3.52. The Morgan fingerprint density at radius 3 is 2.42 bits per heavy atom. The first-order chi connectivity index (χ1) is 25.9. The Morgan fingerprint density at radius 1 is 0.943 bits per heavy atom. The molecule has 7 rings (SSSR count). The fourth-order valence-electron chi connectivity index (χ4n) is 7.81. The minimum Gasteiger partial charge on any atom is -0.445 e. The van der Waals surface area contributed by atoms with Gasteiger partial charge in [-0.3, -0.25) is 4.79 Å². The summed E-state index contributed by atoms with van der Waals surface area (Å²) in [5, 5.41) is 15.6. The smallest absolute Gasteiger partial charge is 0.407 e. The van der Waals surface area contributed by atoms with Crippen LogP contribution in [0, 0.1) is 5.92 Å². The lowest BCUT2D eigenvalue weighted by atomic mass is 9.84. The molecule has 4 atom stereocenters. The second-order valence-corrected chi connectivity index (χ2v) is 14.1. The number of ether oxygens (including phenoxy) is 3. The first-order valence-corrected chi connectivity index (χ1v) is 18.4. The topological polar surface area (TPSA) is 113 Å². The molecule has 3 fully saturated rings. The lowest BCUT2D eigenvalue weighted by molar-refractivity contribution is -0.276. The minimum absolute atomic E-state index is 0.0185. The number of aliphatic hydroxyl groups excluding tert-OH is 1. The summed E-state index contributed by atoms with van der Waals surface area (Å²) in [6.45, 7) is 9.01. The Kier molecular flexibility index (Phi) is 11.2. The summed E-state index contributed by atoms with van der Waals surface area (Å²) in [4.78, 5) is 30.0. The van der Waals surface area contributed by atoms with E-state index in [1.807, 2.05) is 72.8 Å². The highest BCUT2D eigenvalue weighted by Crippen LogP contribution is 2.43. The van der Waals surface area contributed by atoms with Gasteiger partial charge in [0, 0.05) is 43.3 Å². The zero-order chi connectivity index (χ0) is 36.8. The van der Waals surface area contributed by atoms with E-state index < -0.39 is 17.9 Å². The van der Waals surface area contributed by atoms with E-state index in [2.05, 4.69) is 64.3 Å². The SMILES string of the molecule is C=CCOC(=O)NCc1cccc(-c2cccc([C@@H]3O[C@H](CN4CCC5(CC4)C(=O)NCN5c4ccccc4)[C@H](C)[C@H](c4ccc(CO)cc4)O3)c2)c1. The standard InChI is InChI=1S/C43H48N4O6/c1-3-23-51-42(50)44-26-32-9-7-10-34(24-32)35-11-8-12-36(25-35)40-52-38(30(2)39(53-40)33-17-15-31(28-48)16-18-33)27-46-21-19-43(20-22-46)41(49)45-29-47(43)37-13-5-4-6-14-37/h3-18,24-25,30,38-40,48H,1,19-23,26-29H2,2H3,(H,44,50)(H,45,49)/t30-,38+,39+,40+/m0/s1. The number of aliphatic hydroxyl groups is 1. The van der Waals surface area contributed by atoms with Crippen LogP contribution in [-0.4, -0.2) is 66.6 Å². The number of anilines is 1. The van der Waals surface area contributed by atoms with Gasteiger partial charge in [0.1, 0.15) is 12.1 Å². The number of nitrogens with one attached hydrogen (secondary N) is 2. The Bertz CT molecular complexity index is 1880. The molecule has 0 aliphatic carbocycles. The van der Waals surface area contributed by atoms with E-state index >= 15 is 0 Å². The Balaban J connectivity index is 1.09. The molecule has 0 unspecified atom stereocenters. The maximum absolute atomic E-state index is 13.3. The Hall–Kier alpha value is -5.00. The highest BCUT2D eigenvalue weighted by molar-refractivity contribution is 5.93. The van der Waals surface area contributed by atoms with Crippen LogP contribution < -0.4 is 15.5 Å². The quantitative estimate of drug-likeness (QED) is 0.151. The van der Waals surface area contributed by atoms with Crippen LogP contribution in [0.2, 0.25) is 0 Å². The molecule has 3 aliphatic rings. The third-order valence-corrected chi connectivity index (χ3v) is 10.8. The number of nitrogens with zero attached hydrogens (tertiary/aromatic N) is 2. The van der Waals surface area contributed by atoms with Crippen LogP contribution in [0.25, 0.3) is 11.1 Å². The molecular weight excluding hydrogens is 668 g/mol. The molecule has 1 spiro atoms. The molecule has 10 nitrogen and oxygen atoms in total. The van der Waals surface area contributed by atoms with Gasteiger partial charge in [-0.15, -0.1) is 0 Å². The molecule has 3 saturated heterocycles. The van der Waals surface area contributed by atoms with Gasteiger partial charge in [0.15, 0.2) is 6.29 Å². The van der Waals surface area contributed by atoms with Gasteiger partial charge < -0.3 is 39.8 Å². The van der Waals surface area contributed by atoms with E-state index in [4.69, 9.17) is 14.2 Å². The summed E-state index contributed by atoms with van der Waals surface area (Å²) >= 11 is 0. The number of amides is 2. The van der Waals surface area contributed by atoms with Crippen molar-refractivity contribution in [2.75, 3.05) is 37.8 Å². The summed E-state index contributed by atoms with van der Waals surface area (Å²) < 4.78 is 18.7. The first kappa shape index (κ1) is 36.4. The van der Waals surface area contributed by atoms with Gasteiger partial charge in [0.05, 0.1) is 25.5 Å². The van der Waals surface area contributed by atoms with Gasteiger partial charge in [-0.25, -0.2) is 4.79 Å². The van der Waals surface area contributed by atoms with Gasteiger partial charge in [0.25, 0.3) is 0 Å². The van der Waals surface area contributed by atoms with Crippen LogP contribution in [0.5, 0.6) is 0 Å². The molecule has 0 radical (unpaired) electrons. The van der Waals surface area contributed by atoms with Crippen molar-refractivity contribution in [3.8, 4) is 11.1 Å². The highest BCUT2D eigenvalue weighted by Gasteiger charge is 2.51. The molecule has 0 aromatic heterocycles. The number of hydrogen-bond donors (Lipinski definition) is 3. The van der Waals surface area contributed by atoms with E-state index in [1.54, 1.807) is 0 Å². The molecule has 0 saturated carbocycles. The number of benzene rings is 4. The maximum Gasteiger partial charge on any atom is 0.407 e.